The summed E-state index contributed by atoms with van der Waals surface area (Å²) in [7, 11) is 4.75. The SMILES string of the molecule is COc1cc(COCC(O)CN2CCCCC2)cc(OC)c1OC.Cl. The fourth-order valence-corrected chi connectivity index (χ4v) is 3.02. The van der Waals surface area contributed by atoms with Gasteiger partial charge in [0.2, 0.25) is 5.75 Å². The maximum atomic E-state index is 10.1. The number of methoxy groups -OCH3 is 3. The molecule has 25 heavy (non-hydrogen) atoms. The van der Waals surface area contributed by atoms with Gasteiger partial charge in [-0.1, -0.05) is 6.42 Å². The van der Waals surface area contributed by atoms with Crippen molar-refractivity contribution < 1.29 is 24.1 Å². The second kappa shape index (κ2) is 11.4. The van der Waals surface area contributed by atoms with E-state index < -0.39 is 6.10 Å². The zero-order valence-corrected chi connectivity index (χ0v) is 16.1. The highest BCUT2D eigenvalue weighted by Crippen LogP contribution is 2.38. The minimum absolute atomic E-state index is 0. The lowest BCUT2D eigenvalue weighted by Crippen LogP contribution is -2.38. The summed E-state index contributed by atoms with van der Waals surface area (Å²) >= 11 is 0. The second-order valence-electron chi connectivity index (χ2n) is 6.06. The van der Waals surface area contributed by atoms with Crippen LogP contribution in [0.4, 0.5) is 0 Å². The first-order valence-corrected chi connectivity index (χ1v) is 8.45. The Morgan fingerprint density at radius 3 is 2.12 bits per heavy atom. The van der Waals surface area contributed by atoms with Crippen molar-refractivity contribution in [3.05, 3.63) is 17.7 Å². The quantitative estimate of drug-likeness (QED) is 0.715. The topological polar surface area (TPSA) is 60.4 Å². The summed E-state index contributed by atoms with van der Waals surface area (Å²) in [5.74, 6) is 1.77. The first-order valence-electron chi connectivity index (χ1n) is 8.45. The third-order valence-electron chi connectivity index (χ3n) is 4.22. The number of β-amino-alcohol motifs (C(OH)–C–C–N with tert-alkyl or cyclic N) is 1. The first-order chi connectivity index (χ1) is 11.7. The third-order valence-corrected chi connectivity index (χ3v) is 4.22. The van der Waals surface area contributed by atoms with Crippen LogP contribution in [0, 0.1) is 0 Å². The molecule has 2 rings (SSSR count). The van der Waals surface area contributed by atoms with Crippen molar-refractivity contribution in [3.63, 3.8) is 0 Å². The van der Waals surface area contributed by atoms with E-state index in [0.29, 0.717) is 37.0 Å². The Kier molecular flexibility index (Phi) is 9.97. The molecule has 0 aromatic heterocycles. The number of rotatable bonds is 9. The molecular formula is C18H30ClNO5. The van der Waals surface area contributed by atoms with E-state index in [1.807, 2.05) is 12.1 Å². The molecule has 144 valence electrons. The number of halogens is 1. The van der Waals surface area contributed by atoms with Gasteiger partial charge in [-0.25, -0.2) is 0 Å². The van der Waals surface area contributed by atoms with Crippen LogP contribution in [0.5, 0.6) is 17.2 Å². The summed E-state index contributed by atoms with van der Waals surface area (Å²) in [6, 6.07) is 3.72. The van der Waals surface area contributed by atoms with E-state index in [1.54, 1.807) is 21.3 Å². The molecule has 1 aromatic rings. The number of likely N-dealkylation sites (tertiary alicyclic amines) is 1. The molecule has 1 aliphatic rings. The predicted molar refractivity (Wildman–Crippen MR) is 99.3 cm³/mol. The molecule has 0 aliphatic carbocycles. The Morgan fingerprint density at radius 2 is 1.60 bits per heavy atom. The van der Waals surface area contributed by atoms with E-state index in [2.05, 4.69) is 4.90 Å². The number of hydrogen-bond donors (Lipinski definition) is 1. The highest BCUT2D eigenvalue weighted by atomic mass is 35.5. The molecule has 1 N–H and O–H groups in total. The molecule has 1 saturated heterocycles. The van der Waals surface area contributed by atoms with Crippen LogP contribution in [-0.4, -0.2) is 63.7 Å². The summed E-state index contributed by atoms with van der Waals surface area (Å²) in [6.07, 6.45) is 3.27. The number of benzene rings is 1. The number of piperidine rings is 1. The Labute approximate surface area is 156 Å². The van der Waals surface area contributed by atoms with Gasteiger partial charge in [0.1, 0.15) is 0 Å². The average molecular weight is 376 g/mol. The van der Waals surface area contributed by atoms with Gasteiger partial charge in [0.25, 0.3) is 0 Å². The highest BCUT2D eigenvalue weighted by Gasteiger charge is 2.16. The van der Waals surface area contributed by atoms with Crippen molar-refractivity contribution >= 4 is 12.4 Å². The summed E-state index contributed by atoms with van der Waals surface area (Å²) in [5, 5.41) is 10.1. The number of hydrogen-bond acceptors (Lipinski definition) is 6. The lowest BCUT2D eigenvalue weighted by molar-refractivity contribution is 0.00705. The molecule has 1 aromatic carbocycles. The van der Waals surface area contributed by atoms with Crippen LogP contribution >= 0.6 is 12.4 Å². The van der Waals surface area contributed by atoms with E-state index in [-0.39, 0.29) is 12.4 Å². The molecule has 1 fully saturated rings. The third kappa shape index (κ3) is 6.55. The molecule has 1 aliphatic heterocycles. The maximum Gasteiger partial charge on any atom is 0.203 e. The first kappa shape index (κ1) is 21.8. The predicted octanol–water partition coefficient (Wildman–Crippen LogP) is 2.50. The number of aliphatic hydroxyl groups excluding tert-OH is 1. The van der Waals surface area contributed by atoms with Crippen molar-refractivity contribution in [2.24, 2.45) is 0 Å². The fourth-order valence-electron chi connectivity index (χ4n) is 3.02. The van der Waals surface area contributed by atoms with Gasteiger partial charge in [0.15, 0.2) is 11.5 Å². The second-order valence-corrected chi connectivity index (χ2v) is 6.06. The summed E-state index contributed by atoms with van der Waals surface area (Å²) < 4.78 is 21.6. The van der Waals surface area contributed by atoms with Gasteiger partial charge in [-0.05, 0) is 43.6 Å². The minimum atomic E-state index is -0.467. The van der Waals surface area contributed by atoms with Crippen LogP contribution in [0.15, 0.2) is 12.1 Å². The monoisotopic (exact) mass is 375 g/mol. The van der Waals surface area contributed by atoms with E-state index >= 15 is 0 Å². The van der Waals surface area contributed by atoms with Crippen LogP contribution in [0.2, 0.25) is 0 Å². The molecule has 0 radical (unpaired) electrons. The standard InChI is InChI=1S/C18H29NO5.ClH/c1-21-16-9-14(10-17(22-2)18(16)23-3)12-24-13-15(20)11-19-7-5-4-6-8-19;/h9-10,15,20H,4-8,11-13H2,1-3H3;1H. The van der Waals surface area contributed by atoms with Crippen molar-refractivity contribution in [1.82, 2.24) is 4.90 Å². The van der Waals surface area contributed by atoms with Gasteiger partial charge in [-0.3, -0.25) is 0 Å². The molecule has 0 spiro atoms. The van der Waals surface area contributed by atoms with Crippen LogP contribution in [0.25, 0.3) is 0 Å². The van der Waals surface area contributed by atoms with Crippen molar-refractivity contribution in [3.8, 4) is 17.2 Å². The number of aliphatic hydroxyl groups is 1. The van der Waals surface area contributed by atoms with Gasteiger partial charge in [-0.2, -0.15) is 0 Å². The van der Waals surface area contributed by atoms with Gasteiger partial charge in [0.05, 0.1) is 40.6 Å². The maximum absolute atomic E-state index is 10.1. The molecule has 0 saturated carbocycles. The molecule has 1 atom stereocenters. The van der Waals surface area contributed by atoms with Crippen molar-refractivity contribution in [2.45, 2.75) is 32.0 Å². The molecule has 0 bridgehead atoms. The lowest BCUT2D eigenvalue weighted by Gasteiger charge is -2.28. The number of nitrogens with zero attached hydrogens (tertiary/aromatic N) is 1. The Hall–Kier alpha value is -1.21. The zero-order chi connectivity index (χ0) is 17.4. The normalized spacial score (nSPS) is 16.0. The van der Waals surface area contributed by atoms with Crippen LogP contribution in [-0.2, 0) is 11.3 Å². The summed E-state index contributed by atoms with van der Waals surface area (Å²) in [6.45, 7) is 3.52. The van der Waals surface area contributed by atoms with E-state index in [9.17, 15) is 5.11 Å². The van der Waals surface area contributed by atoms with E-state index in [1.165, 1.54) is 19.3 Å². The van der Waals surface area contributed by atoms with Gasteiger partial charge in [-0.15, -0.1) is 12.4 Å². The van der Waals surface area contributed by atoms with Gasteiger partial charge < -0.3 is 29.0 Å². The Balaban J connectivity index is 0.00000312. The molecule has 6 nitrogen and oxygen atoms in total. The highest BCUT2D eigenvalue weighted by molar-refractivity contribution is 5.85. The molecule has 1 heterocycles. The summed E-state index contributed by atoms with van der Waals surface area (Å²) in [4.78, 5) is 2.30. The molecule has 1 unspecified atom stereocenters. The van der Waals surface area contributed by atoms with E-state index in [4.69, 9.17) is 18.9 Å². The fraction of sp³-hybridized carbons (Fsp3) is 0.667. The van der Waals surface area contributed by atoms with Crippen LogP contribution in [0.3, 0.4) is 0 Å². The Morgan fingerprint density at radius 1 is 1.00 bits per heavy atom. The van der Waals surface area contributed by atoms with Crippen molar-refractivity contribution in [2.75, 3.05) is 47.6 Å². The lowest BCUT2D eigenvalue weighted by atomic mass is 10.1. The number of ether oxygens (including phenoxy) is 4. The smallest absolute Gasteiger partial charge is 0.203 e. The zero-order valence-electron chi connectivity index (χ0n) is 15.3. The van der Waals surface area contributed by atoms with Crippen molar-refractivity contribution in [1.29, 1.82) is 0 Å². The van der Waals surface area contributed by atoms with Gasteiger partial charge >= 0.3 is 0 Å². The minimum Gasteiger partial charge on any atom is -0.493 e. The summed E-state index contributed by atoms with van der Waals surface area (Å²) in [5.41, 5.74) is 0.912. The van der Waals surface area contributed by atoms with E-state index in [0.717, 1.165) is 18.7 Å². The molecule has 0 amide bonds. The Bertz CT molecular complexity index is 483. The largest absolute Gasteiger partial charge is 0.493 e. The van der Waals surface area contributed by atoms with Gasteiger partial charge in [0, 0.05) is 6.54 Å². The molecule has 7 heteroatoms. The van der Waals surface area contributed by atoms with Crippen LogP contribution in [0.1, 0.15) is 24.8 Å². The average Bonchev–Trinajstić information content (AvgIpc) is 2.61. The van der Waals surface area contributed by atoms with Crippen LogP contribution < -0.4 is 14.2 Å². The molecular weight excluding hydrogens is 346 g/mol.